The van der Waals surface area contributed by atoms with Crippen molar-refractivity contribution in [2.45, 2.75) is 25.5 Å². The summed E-state index contributed by atoms with van der Waals surface area (Å²) in [7, 11) is 1.97. The van der Waals surface area contributed by atoms with Crippen molar-refractivity contribution < 1.29 is 9.53 Å². The number of aromatic amines is 1. The molecule has 4 rings (SSSR count). The van der Waals surface area contributed by atoms with Gasteiger partial charge in [-0.15, -0.1) is 24.8 Å². The molecular weight excluding hydrogens is 441 g/mol. The largest absolute Gasteiger partial charge is 0.366 e. The first-order valence-electron chi connectivity index (χ1n) is 10.4. The quantitative estimate of drug-likeness (QED) is 0.685. The fourth-order valence-corrected chi connectivity index (χ4v) is 4.27. The van der Waals surface area contributed by atoms with E-state index in [2.05, 4.69) is 20.2 Å². The van der Waals surface area contributed by atoms with E-state index in [1.807, 2.05) is 30.1 Å². The molecule has 2 N–H and O–H groups in total. The maximum Gasteiger partial charge on any atom is 0.258 e. The lowest BCUT2D eigenvalue weighted by Gasteiger charge is -2.37. The summed E-state index contributed by atoms with van der Waals surface area (Å²) in [5, 5.41) is 3.81. The molecule has 0 bridgehead atoms. The Balaban J connectivity index is 0.00000171. The monoisotopic (exact) mass is 471 g/mol. The fourth-order valence-electron chi connectivity index (χ4n) is 4.27. The smallest absolute Gasteiger partial charge is 0.258 e. The summed E-state index contributed by atoms with van der Waals surface area (Å²) < 4.78 is 5.79. The molecule has 2 aromatic rings. The SMILES string of the molecule is CNCC1CCN(C(=O)C2CN(Cc3nc4ccccc4c(=O)[nH]3)CCO2)CC1.Cl.Cl. The molecule has 0 saturated carbocycles. The molecule has 2 aliphatic rings. The first kappa shape index (κ1) is 25.5. The third-order valence-electron chi connectivity index (χ3n) is 5.88. The first-order chi connectivity index (χ1) is 14.1. The van der Waals surface area contributed by atoms with Gasteiger partial charge in [-0.25, -0.2) is 4.98 Å². The van der Waals surface area contributed by atoms with Crippen molar-refractivity contribution in [1.29, 1.82) is 0 Å². The number of ether oxygens (including phenoxy) is 1. The molecule has 1 aromatic heterocycles. The number of piperidine rings is 1. The number of hydrogen-bond acceptors (Lipinski definition) is 6. The summed E-state index contributed by atoms with van der Waals surface area (Å²) in [5.74, 6) is 1.34. The van der Waals surface area contributed by atoms with Crippen LogP contribution in [0.1, 0.15) is 18.7 Å². The zero-order chi connectivity index (χ0) is 20.2. The van der Waals surface area contributed by atoms with Crippen LogP contribution >= 0.6 is 24.8 Å². The van der Waals surface area contributed by atoms with Gasteiger partial charge in [0.15, 0.2) is 0 Å². The van der Waals surface area contributed by atoms with E-state index in [4.69, 9.17) is 4.74 Å². The summed E-state index contributed by atoms with van der Waals surface area (Å²) >= 11 is 0. The first-order valence-corrected chi connectivity index (χ1v) is 10.4. The fraction of sp³-hybridized carbons (Fsp3) is 0.571. The molecule has 0 aliphatic carbocycles. The lowest BCUT2D eigenvalue weighted by Crippen LogP contribution is -2.52. The average molecular weight is 472 g/mol. The summed E-state index contributed by atoms with van der Waals surface area (Å²) in [5.41, 5.74) is 0.563. The zero-order valence-corrected chi connectivity index (χ0v) is 19.3. The van der Waals surface area contributed by atoms with Gasteiger partial charge < -0.3 is 19.9 Å². The Morgan fingerprint density at radius 1 is 1.23 bits per heavy atom. The maximum absolute atomic E-state index is 12.9. The molecule has 0 spiro atoms. The minimum Gasteiger partial charge on any atom is -0.366 e. The highest BCUT2D eigenvalue weighted by molar-refractivity contribution is 5.85. The number of likely N-dealkylation sites (tertiary alicyclic amines) is 1. The highest BCUT2D eigenvalue weighted by Gasteiger charge is 2.32. The van der Waals surface area contributed by atoms with Gasteiger partial charge >= 0.3 is 0 Å². The molecule has 1 amide bonds. The van der Waals surface area contributed by atoms with Crippen molar-refractivity contribution in [3.8, 4) is 0 Å². The highest BCUT2D eigenvalue weighted by Crippen LogP contribution is 2.19. The number of para-hydroxylation sites is 1. The Labute approximate surface area is 194 Å². The number of benzene rings is 1. The number of H-pyrrole nitrogens is 1. The number of nitrogens with zero attached hydrogens (tertiary/aromatic N) is 3. The van der Waals surface area contributed by atoms with Gasteiger partial charge in [0, 0.05) is 26.2 Å². The van der Waals surface area contributed by atoms with E-state index in [1.165, 1.54) is 0 Å². The molecule has 8 nitrogen and oxygen atoms in total. The molecule has 2 saturated heterocycles. The van der Waals surface area contributed by atoms with Gasteiger partial charge in [-0.3, -0.25) is 14.5 Å². The second-order valence-corrected chi connectivity index (χ2v) is 7.95. The highest BCUT2D eigenvalue weighted by atomic mass is 35.5. The molecule has 31 heavy (non-hydrogen) atoms. The molecule has 3 heterocycles. The number of carbonyl (C=O) groups is 1. The van der Waals surface area contributed by atoms with E-state index in [-0.39, 0.29) is 36.3 Å². The van der Waals surface area contributed by atoms with Gasteiger partial charge in [0.25, 0.3) is 11.5 Å². The Morgan fingerprint density at radius 2 is 1.97 bits per heavy atom. The molecule has 1 atom stereocenters. The van der Waals surface area contributed by atoms with Crippen molar-refractivity contribution in [3.05, 3.63) is 40.4 Å². The Kier molecular flexibility index (Phi) is 9.71. The van der Waals surface area contributed by atoms with Crippen LogP contribution in [0.25, 0.3) is 10.9 Å². The Hall–Kier alpha value is -1.71. The molecule has 172 valence electrons. The van der Waals surface area contributed by atoms with Gasteiger partial charge in [0.2, 0.25) is 0 Å². The summed E-state index contributed by atoms with van der Waals surface area (Å²) in [6, 6.07) is 7.33. The number of hydrogen-bond donors (Lipinski definition) is 2. The molecule has 1 aromatic carbocycles. The van der Waals surface area contributed by atoms with Crippen LogP contribution in [0.4, 0.5) is 0 Å². The average Bonchev–Trinajstić information content (AvgIpc) is 2.74. The number of morpholine rings is 1. The predicted octanol–water partition coefficient (Wildman–Crippen LogP) is 1.43. The van der Waals surface area contributed by atoms with Crippen LogP contribution in [0.15, 0.2) is 29.1 Å². The second kappa shape index (κ2) is 11.8. The lowest BCUT2D eigenvalue weighted by atomic mass is 9.96. The molecule has 10 heteroatoms. The summed E-state index contributed by atoms with van der Waals surface area (Å²) in [6.45, 7) is 4.83. The number of carbonyl (C=O) groups excluding carboxylic acids is 1. The summed E-state index contributed by atoms with van der Waals surface area (Å²) in [6.07, 6.45) is 1.62. The number of fused-ring (bicyclic) bond motifs is 1. The second-order valence-electron chi connectivity index (χ2n) is 7.95. The van der Waals surface area contributed by atoms with E-state index < -0.39 is 6.10 Å². The molecule has 2 fully saturated rings. The van der Waals surface area contributed by atoms with Crippen molar-refractivity contribution in [2.24, 2.45) is 5.92 Å². The minimum atomic E-state index is -0.447. The van der Waals surface area contributed by atoms with Crippen LogP contribution in [-0.2, 0) is 16.1 Å². The standard InChI is InChI=1S/C21H29N5O3.2ClH/c1-22-12-15-6-8-26(9-7-15)21(28)18-13-25(10-11-29-18)14-19-23-17-5-3-2-4-16(17)20(27)24-19;;/h2-5,15,18,22H,6-14H2,1H3,(H,23,24,27);2*1H. The van der Waals surface area contributed by atoms with Crippen LogP contribution in [0.2, 0.25) is 0 Å². The number of nitrogens with one attached hydrogen (secondary N) is 2. The van der Waals surface area contributed by atoms with Crippen molar-refractivity contribution in [3.63, 3.8) is 0 Å². The van der Waals surface area contributed by atoms with Crippen LogP contribution in [0, 0.1) is 5.92 Å². The zero-order valence-electron chi connectivity index (χ0n) is 17.7. The van der Waals surface area contributed by atoms with Gasteiger partial charge in [-0.1, -0.05) is 12.1 Å². The van der Waals surface area contributed by atoms with Crippen LogP contribution in [0.5, 0.6) is 0 Å². The van der Waals surface area contributed by atoms with Crippen LogP contribution in [-0.4, -0.2) is 78.2 Å². The summed E-state index contributed by atoms with van der Waals surface area (Å²) in [4.78, 5) is 36.7. The topological polar surface area (TPSA) is 90.6 Å². The van der Waals surface area contributed by atoms with Gasteiger partial charge in [-0.2, -0.15) is 0 Å². The number of aromatic nitrogens is 2. The predicted molar refractivity (Wildman–Crippen MR) is 125 cm³/mol. The minimum absolute atomic E-state index is 0. The number of amides is 1. The van der Waals surface area contributed by atoms with Crippen LogP contribution < -0.4 is 10.9 Å². The number of halogens is 2. The van der Waals surface area contributed by atoms with Gasteiger partial charge in [0.05, 0.1) is 24.1 Å². The van der Waals surface area contributed by atoms with E-state index in [0.29, 0.717) is 48.9 Å². The molecule has 1 unspecified atom stereocenters. The van der Waals surface area contributed by atoms with E-state index in [1.54, 1.807) is 6.07 Å². The van der Waals surface area contributed by atoms with E-state index >= 15 is 0 Å². The maximum atomic E-state index is 12.9. The van der Waals surface area contributed by atoms with E-state index in [9.17, 15) is 9.59 Å². The number of rotatable bonds is 5. The molecule has 2 aliphatic heterocycles. The molecular formula is C21H31Cl2N5O3. The van der Waals surface area contributed by atoms with Crippen LogP contribution in [0.3, 0.4) is 0 Å². The Bertz CT molecular complexity index is 917. The van der Waals surface area contributed by atoms with Gasteiger partial charge in [0.1, 0.15) is 11.9 Å². The van der Waals surface area contributed by atoms with Crippen molar-refractivity contribution >= 4 is 41.6 Å². The lowest BCUT2D eigenvalue weighted by molar-refractivity contribution is -0.151. The molecule has 0 radical (unpaired) electrons. The van der Waals surface area contributed by atoms with Gasteiger partial charge in [-0.05, 0) is 44.5 Å². The third-order valence-corrected chi connectivity index (χ3v) is 5.88. The Morgan fingerprint density at radius 3 is 2.71 bits per heavy atom. The van der Waals surface area contributed by atoms with Crippen molar-refractivity contribution in [1.82, 2.24) is 25.1 Å². The van der Waals surface area contributed by atoms with E-state index in [0.717, 1.165) is 32.5 Å². The van der Waals surface area contributed by atoms with Crippen molar-refractivity contribution in [2.75, 3.05) is 46.4 Å². The normalized spacial score (nSPS) is 20.2. The third kappa shape index (κ3) is 6.17.